The average Bonchev–Trinajstić information content (AvgIpc) is 2.92. The third kappa shape index (κ3) is 3.77. The first kappa shape index (κ1) is 17.5. The highest BCUT2D eigenvalue weighted by Gasteiger charge is 2.32. The molecule has 0 atom stereocenters. The highest BCUT2D eigenvalue weighted by atomic mass is 16.5. The molecule has 3 heterocycles. The number of carbonyl (C=O) groups excluding carboxylic acids is 1. The zero-order valence-electron chi connectivity index (χ0n) is 15.5. The van der Waals surface area contributed by atoms with Crippen LogP contribution < -0.4 is 15.4 Å². The molecule has 7 nitrogen and oxygen atoms in total. The molecule has 1 aliphatic carbocycles. The fraction of sp³-hybridized carbons (Fsp3) is 0.737. The minimum Gasteiger partial charge on any atom is -0.460 e. The maximum atomic E-state index is 12.4. The Morgan fingerprint density at radius 3 is 2.54 bits per heavy atom. The van der Waals surface area contributed by atoms with Gasteiger partial charge in [0.2, 0.25) is 5.91 Å². The fourth-order valence-electron chi connectivity index (χ4n) is 3.94. The van der Waals surface area contributed by atoms with Gasteiger partial charge in [0, 0.05) is 12.1 Å². The van der Waals surface area contributed by atoms with Crippen molar-refractivity contribution in [1.29, 1.82) is 0 Å². The van der Waals surface area contributed by atoms with Crippen LogP contribution in [0.4, 0.5) is 11.6 Å². The van der Waals surface area contributed by atoms with E-state index in [1.165, 1.54) is 38.8 Å². The number of nitrogens with two attached hydrogens (primary N) is 1. The molecule has 142 valence electrons. The van der Waals surface area contributed by atoms with Gasteiger partial charge in [-0.05, 0) is 64.6 Å². The third-order valence-corrected chi connectivity index (χ3v) is 5.76. The van der Waals surface area contributed by atoms with Gasteiger partial charge < -0.3 is 15.4 Å². The van der Waals surface area contributed by atoms with Crippen LogP contribution in [0.15, 0.2) is 0 Å². The van der Waals surface area contributed by atoms with Gasteiger partial charge in [-0.25, -0.2) is 0 Å². The van der Waals surface area contributed by atoms with Crippen LogP contribution in [0.2, 0.25) is 0 Å². The quantitative estimate of drug-likeness (QED) is 0.751. The minimum atomic E-state index is 0.0692. The number of anilines is 2. The van der Waals surface area contributed by atoms with Crippen LogP contribution in [0, 0.1) is 0 Å². The predicted octanol–water partition coefficient (Wildman–Crippen LogP) is 2.15. The molecule has 1 aromatic heterocycles. The van der Waals surface area contributed by atoms with Gasteiger partial charge in [0.25, 0.3) is 0 Å². The number of hydrogen-bond donors (Lipinski definition) is 1. The lowest BCUT2D eigenvalue weighted by Crippen LogP contribution is -2.32. The average molecular weight is 359 g/mol. The summed E-state index contributed by atoms with van der Waals surface area (Å²) in [4.78, 5) is 25.5. The van der Waals surface area contributed by atoms with Gasteiger partial charge in [0.1, 0.15) is 17.7 Å². The molecule has 0 radical (unpaired) electrons. The maximum Gasteiger partial charge on any atom is 0.320 e. The van der Waals surface area contributed by atoms with Crippen LogP contribution in [0.1, 0.15) is 56.9 Å². The van der Waals surface area contributed by atoms with Gasteiger partial charge >= 0.3 is 6.01 Å². The van der Waals surface area contributed by atoms with E-state index < -0.39 is 0 Å². The molecule has 3 aliphatic rings. The lowest BCUT2D eigenvalue weighted by molar-refractivity contribution is -0.117. The standard InChI is InChI=1S/C19H29N5O2/c20-17-15-13-16(25)24(12-5-4-11-23-9-2-1-3-10-23)18(15)22-19(21-17)26-14-7-6-8-14/h14H,1-13H2,(H2,20,21,22). The molecule has 0 aromatic carbocycles. The van der Waals surface area contributed by atoms with Crippen molar-refractivity contribution in [2.75, 3.05) is 36.8 Å². The summed E-state index contributed by atoms with van der Waals surface area (Å²) >= 11 is 0. The first-order valence-corrected chi connectivity index (χ1v) is 10.1. The summed E-state index contributed by atoms with van der Waals surface area (Å²) in [5.74, 6) is 1.11. The molecule has 1 saturated heterocycles. The second-order valence-electron chi connectivity index (χ2n) is 7.70. The molecule has 1 aromatic rings. The normalized spacial score (nSPS) is 20.9. The summed E-state index contributed by atoms with van der Waals surface area (Å²) in [6, 6.07) is 0.318. The molecule has 26 heavy (non-hydrogen) atoms. The molecule has 0 bridgehead atoms. The van der Waals surface area contributed by atoms with Gasteiger partial charge in [-0.1, -0.05) is 6.42 Å². The summed E-state index contributed by atoms with van der Waals surface area (Å²) in [5, 5.41) is 0. The largest absolute Gasteiger partial charge is 0.460 e. The van der Waals surface area contributed by atoms with Crippen LogP contribution >= 0.6 is 0 Å². The van der Waals surface area contributed by atoms with Crippen LogP contribution in [-0.4, -0.2) is 53.1 Å². The topological polar surface area (TPSA) is 84.6 Å². The number of ether oxygens (including phenoxy) is 1. The second-order valence-corrected chi connectivity index (χ2v) is 7.70. The van der Waals surface area contributed by atoms with E-state index in [1.54, 1.807) is 4.90 Å². The first-order chi connectivity index (χ1) is 12.7. The lowest BCUT2D eigenvalue weighted by atomic mass is 9.96. The van der Waals surface area contributed by atoms with E-state index in [2.05, 4.69) is 14.9 Å². The van der Waals surface area contributed by atoms with E-state index in [9.17, 15) is 4.79 Å². The summed E-state index contributed by atoms with van der Waals surface area (Å²) in [5.41, 5.74) is 6.82. The molecule has 0 unspecified atom stereocenters. The molecular formula is C19H29N5O2. The molecule has 1 amide bonds. The van der Waals surface area contributed by atoms with Crippen molar-refractivity contribution in [3.63, 3.8) is 0 Å². The molecule has 2 fully saturated rings. The van der Waals surface area contributed by atoms with Crippen LogP contribution in [0.3, 0.4) is 0 Å². The number of amides is 1. The first-order valence-electron chi connectivity index (χ1n) is 10.1. The fourth-order valence-corrected chi connectivity index (χ4v) is 3.94. The Hall–Kier alpha value is -1.89. The van der Waals surface area contributed by atoms with Crippen LogP contribution in [0.5, 0.6) is 6.01 Å². The SMILES string of the molecule is Nc1nc(OC2CCC2)nc2c1CC(=O)N2CCCCN1CCCCC1. The lowest BCUT2D eigenvalue weighted by Gasteiger charge is -2.27. The molecule has 0 spiro atoms. The van der Waals surface area contributed by atoms with Crippen molar-refractivity contribution >= 4 is 17.5 Å². The van der Waals surface area contributed by atoms with Crippen molar-refractivity contribution in [3.05, 3.63) is 5.56 Å². The van der Waals surface area contributed by atoms with E-state index in [0.717, 1.165) is 37.8 Å². The van der Waals surface area contributed by atoms with Crippen LogP contribution in [0.25, 0.3) is 0 Å². The molecule has 1 saturated carbocycles. The number of rotatable bonds is 7. The molecule has 2 aliphatic heterocycles. The maximum absolute atomic E-state index is 12.4. The second kappa shape index (κ2) is 7.78. The number of nitrogens with zero attached hydrogens (tertiary/aromatic N) is 4. The van der Waals surface area contributed by atoms with Crippen molar-refractivity contribution < 1.29 is 9.53 Å². The molecule has 7 heteroatoms. The van der Waals surface area contributed by atoms with E-state index >= 15 is 0 Å². The van der Waals surface area contributed by atoms with Gasteiger partial charge in [0.15, 0.2) is 0 Å². The Kier molecular flexibility index (Phi) is 5.24. The number of nitrogen functional groups attached to an aromatic ring is 1. The number of likely N-dealkylation sites (tertiary alicyclic amines) is 1. The van der Waals surface area contributed by atoms with E-state index in [-0.39, 0.29) is 12.0 Å². The van der Waals surface area contributed by atoms with E-state index in [4.69, 9.17) is 10.5 Å². The Labute approximate surface area is 154 Å². The van der Waals surface area contributed by atoms with Gasteiger partial charge in [-0.15, -0.1) is 0 Å². The highest BCUT2D eigenvalue weighted by Crippen LogP contribution is 2.33. The Balaban J connectivity index is 1.35. The number of aromatic nitrogens is 2. The number of carbonyl (C=O) groups is 1. The van der Waals surface area contributed by atoms with Crippen LogP contribution in [-0.2, 0) is 11.2 Å². The number of hydrogen-bond acceptors (Lipinski definition) is 6. The van der Waals surface area contributed by atoms with Crippen molar-refractivity contribution in [3.8, 4) is 6.01 Å². The summed E-state index contributed by atoms with van der Waals surface area (Å²) in [6.07, 6.45) is 9.85. The van der Waals surface area contributed by atoms with E-state index in [1.807, 2.05) is 0 Å². The molecule has 2 N–H and O–H groups in total. The zero-order chi connectivity index (χ0) is 17.9. The third-order valence-electron chi connectivity index (χ3n) is 5.76. The summed E-state index contributed by atoms with van der Waals surface area (Å²) in [7, 11) is 0. The predicted molar refractivity (Wildman–Crippen MR) is 100 cm³/mol. The smallest absolute Gasteiger partial charge is 0.320 e. The van der Waals surface area contributed by atoms with Gasteiger partial charge in [0.05, 0.1) is 6.42 Å². The number of piperidine rings is 1. The van der Waals surface area contributed by atoms with Crippen molar-refractivity contribution in [2.24, 2.45) is 0 Å². The zero-order valence-corrected chi connectivity index (χ0v) is 15.5. The van der Waals surface area contributed by atoms with Gasteiger partial charge in [-0.3, -0.25) is 9.69 Å². The summed E-state index contributed by atoms with van der Waals surface area (Å²) < 4.78 is 5.80. The summed E-state index contributed by atoms with van der Waals surface area (Å²) in [6.45, 7) is 4.25. The van der Waals surface area contributed by atoms with E-state index in [0.29, 0.717) is 30.6 Å². The number of unbranched alkanes of at least 4 members (excludes halogenated alkanes) is 1. The Bertz CT molecular complexity index is 656. The molecule has 4 rings (SSSR count). The Morgan fingerprint density at radius 1 is 1.04 bits per heavy atom. The Morgan fingerprint density at radius 2 is 1.81 bits per heavy atom. The van der Waals surface area contributed by atoms with Crippen molar-refractivity contribution in [2.45, 2.75) is 63.9 Å². The van der Waals surface area contributed by atoms with Gasteiger partial charge in [-0.2, -0.15) is 9.97 Å². The highest BCUT2D eigenvalue weighted by molar-refractivity contribution is 6.01. The molecular weight excluding hydrogens is 330 g/mol. The monoisotopic (exact) mass is 359 g/mol. The number of fused-ring (bicyclic) bond motifs is 1. The minimum absolute atomic E-state index is 0.0692. The van der Waals surface area contributed by atoms with Crippen molar-refractivity contribution in [1.82, 2.24) is 14.9 Å².